The van der Waals surface area contributed by atoms with Crippen LogP contribution < -0.4 is 9.80 Å². The van der Waals surface area contributed by atoms with E-state index in [4.69, 9.17) is 21.6 Å². The molecule has 0 N–H and O–H groups in total. The minimum atomic E-state index is -0.0536. The second kappa shape index (κ2) is 8.94. The maximum Gasteiger partial charge on any atom is 0.273 e. The Morgan fingerprint density at radius 2 is 1.78 bits per heavy atom. The Hall–Kier alpha value is -2.87. The van der Waals surface area contributed by atoms with Crippen LogP contribution in [0.15, 0.2) is 24.3 Å². The van der Waals surface area contributed by atoms with Crippen molar-refractivity contribution in [2.45, 2.75) is 39.9 Å². The van der Waals surface area contributed by atoms with E-state index < -0.39 is 0 Å². The Bertz CT molecular complexity index is 1020. The Kier molecular flexibility index (Phi) is 6.24. The topological polar surface area (TPSA) is 72.9 Å². The molecule has 0 aliphatic carbocycles. The van der Waals surface area contributed by atoms with Crippen molar-refractivity contribution in [1.29, 1.82) is 0 Å². The van der Waals surface area contributed by atoms with Crippen LogP contribution in [0, 0.1) is 0 Å². The number of amides is 2. The lowest BCUT2D eigenvalue weighted by Crippen LogP contribution is -2.48. The van der Waals surface area contributed by atoms with E-state index in [0.29, 0.717) is 55.9 Å². The third kappa shape index (κ3) is 4.37. The van der Waals surface area contributed by atoms with E-state index >= 15 is 0 Å². The van der Waals surface area contributed by atoms with Gasteiger partial charge in [0.05, 0.1) is 6.54 Å². The summed E-state index contributed by atoms with van der Waals surface area (Å²) in [5.41, 5.74) is 2.45. The summed E-state index contributed by atoms with van der Waals surface area (Å²) < 4.78 is 0. The number of piperazine rings is 1. The quantitative estimate of drug-likeness (QED) is 0.688. The van der Waals surface area contributed by atoms with Gasteiger partial charge in [-0.15, -0.1) is 0 Å². The summed E-state index contributed by atoms with van der Waals surface area (Å²) in [5.74, 6) is 1.34. The molecule has 3 heterocycles. The van der Waals surface area contributed by atoms with Gasteiger partial charge in [0, 0.05) is 63.3 Å². The van der Waals surface area contributed by atoms with Crippen LogP contribution in [0.3, 0.4) is 0 Å². The number of anilines is 2. The van der Waals surface area contributed by atoms with Crippen molar-refractivity contribution in [2.75, 3.05) is 43.0 Å². The Balaban J connectivity index is 1.67. The molecule has 1 aromatic carbocycles. The molecular formula is C23H29ClN6O2. The summed E-state index contributed by atoms with van der Waals surface area (Å²) in [4.78, 5) is 42.2. The van der Waals surface area contributed by atoms with E-state index in [1.807, 2.05) is 55.0 Å². The fraction of sp³-hybridized carbons (Fsp3) is 0.478. The average Bonchev–Trinajstić information content (AvgIpc) is 3.11. The van der Waals surface area contributed by atoms with Gasteiger partial charge in [0.15, 0.2) is 0 Å². The van der Waals surface area contributed by atoms with E-state index in [1.165, 1.54) is 0 Å². The van der Waals surface area contributed by atoms with Crippen molar-refractivity contribution in [1.82, 2.24) is 19.8 Å². The molecule has 32 heavy (non-hydrogen) atoms. The molecular weight excluding hydrogens is 428 g/mol. The summed E-state index contributed by atoms with van der Waals surface area (Å²) >= 11 is 6.03. The minimum Gasteiger partial charge on any atom is -0.355 e. The molecule has 2 aliphatic heterocycles. The highest BCUT2D eigenvalue weighted by Crippen LogP contribution is 2.33. The van der Waals surface area contributed by atoms with Gasteiger partial charge in [0.2, 0.25) is 11.9 Å². The number of aromatic nitrogens is 2. The van der Waals surface area contributed by atoms with Crippen molar-refractivity contribution in [2.24, 2.45) is 0 Å². The van der Waals surface area contributed by atoms with Crippen LogP contribution in [0.4, 0.5) is 11.8 Å². The van der Waals surface area contributed by atoms with Crippen LogP contribution in [0.5, 0.6) is 0 Å². The maximum absolute atomic E-state index is 13.1. The predicted molar refractivity (Wildman–Crippen MR) is 125 cm³/mol. The molecule has 1 saturated heterocycles. The van der Waals surface area contributed by atoms with Gasteiger partial charge in [-0.3, -0.25) is 9.59 Å². The number of rotatable bonds is 5. The molecule has 2 aromatic rings. The first-order valence-electron chi connectivity index (χ1n) is 10.9. The maximum atomic E-state index is 13.1. The lowest BCUT2D eigenvalue weighted by Gasteiger charge is -2.34. The zero-order valence-electron chi connectivity index (χ0n) is 19.0. The van der Waals surface area contributed by atoms with Gasteiger partial charge in [-0.25, -0.2) is 4.98 Å². The summed E-state index contributed by atoms with van der Waals surface area (Å²) in [6, 6.07) is 7.81. The monoisotopic (exact) mass is 456 g/mol. The molecule has 0 spiro atoms. The molecule has 2 amide bonds. The first kappa shape index (κ1) is 22.3. The van der Waals surface area contributed by atoms with Gasteiger partial charge in [-0.2, -0.15) is 4.98 Å². The molecule has 0 radical (unpaired) electrons. The van der Waals surface area contributed by atoms with E-state index in [1.54, 1.807) is 6.92 Å². The molecule has 1 aromatic heterocycles. The predicted octanol–water partition coefficient (Wildman–Crippen LogP) is 2.80. The molecule has 0 bridgehead atoms. The number of fused-ring (bicyclic) bond motifs is 1. The van der Waals surface area contributed by atoms with Crippen LogP contribution in [-0.2, 0) is 17.9 Å². The average molecular weight is 457 g/mol. The summed E-state index contributed by atoms with van der Waals surface area (Å²) in [6.07, 6.45) is 0. The van der Waals surface area contributed by atoms with Crippen molar-refractivity contribution >= 4 is 35.2 Å². The molecule has 1 fully saturated rings. The van der Waals surface area contributed by atoms with Crippen LogP contribution in [-0.4, -0.2) is 70.9 Å². The first-order chi connectivity index (χ1) is 15.2. The second-order valence-corrected chi connectivity index (χ2v) is 9.11. The van der Waals surface area contributed by atoms with Gasteiger partial charge < -0.3 is 19.6 Å². The molecule has 4 rings (SSSR count). The largest absolute Gasteiger partial charge is 0.355 e. The number of carbonyl (C=O) groups excluding carboxylic acids is 2. The molecule has 8 nitrogen and oxygen atoms in total. The Morgan fingerprint density at radius 3 is 2.38 bits per heavy atom. The molecule has 0 atom stereocenters. The molecule has 2 aliphatic rings. The highest BCUT2D eigenvalue weighted by Gasteiger charge is 2.36. The van der Waals surface area contributed by atoms with Crippen molar-refractivity contribution in [3.8, 4) is 0 Å². The molecule has 0 saturated carbocycles. The number of nitrogens with zero attached hydrogens (tertiary/aromatic N) is 6. The van der Waals surface area contributed by atoms with E-state index in [0.717, 1.165) is 16.9 Å². The summed E-state index contributed by atoms with van der Waals surface area (Å²) in [7, 11) is 1.98. The van der Waals surface area contributed by atoms with E-state index in [-0.39, 0.29) is 17.9 Å². The lowest BCUT2D eigenvalue weighted by molar-refractivity contribution is -0.129. The zero-order valence-corrected chi connectivity index (χ0v) is 19.8. The van der Waals surface area contributed by atoms with Gasteiger partial charge in [0.25, 0.3) is 5.91 Å². The van der Waals surface area contributed by atoms with Crippen LogP contribution >= 0.6 is 11.6 Å². The van der Waals surface area contributed by atoms with Crippen molar-refractivity contribution in [3.05, 3.63) is 46.1 Å². The van der Waals surface area contributed by atoms with Gasteiger partial charge in [-0.05, 0) is 31.5 Å². The molecule has 0 unspecified atom stereocenters. The standard InChI is InChI=1S/C23H29ClN6O2/c1-15(2)30-14-19-20(22(30)32)25-23(29-11-9-28(10-12-29)16(3)31)26-21(19)27(4)13-17-5-7-18(24)8-6-17/h5-8,15H,9-14H2,1-4H3. The first-order valence-corrected chi connectivity index (χ1v) is 11.3. The van der Waals surface area contributed by atoms with Crippen molar-refractivity contribution < 1.29 is 9.59 Å². The fourth-order valence-electron chi connectivity index (χ4n) is 4.20. The minimum absolute atomic E-state index is 0.0536. The van der Waals surface area contributed by atoms with Crippen LogP contribution in [0.1, 0.15) is 42.4 Å². The van der Waals surface area contributed by atoms with Gasteiger partial charge in [-0.1, -0.05) is 23.7 Å². The number of hydrogen-bond acceptors (Lipinski definition) is 6. The van der Waals surface area contributed by atoms with Crippen LogP contribution in [0.25, 0.3) is 0 Å². The highest BCUT2D eigenvalue weighted by molar-refractivity contribution is 6.30. The smallest absolute Gasteiger partial charge is 0.273 e. The van der Waals surface area contributed by atoms with E-state index in [9.17, 15) is 9.59 Å². The number of hydrogen-bond donors (Lipinski definition) is 0. The van der Waals surface area contributed by atoms with Crippen molar-refractivity contribution in [3.63, 3.8) is 0 Å². The number of carbonyl (C=O) groups is 2. The summed E-state index contributed by atoms with van der Waals surface area (Å²) in [5, 5.41) is 0.699. The SMILES string of the molecule is CC(=O)N1CCN(c2nc3c(c(N(C)Cc4ccc(Cl)cc4)n2)CN(C(C)C)C3=O)CC1. The van der Waals surface area contributed by atoms with Gasteiger partial charge in [0.1, 0.15) is 11.5 Å². The van der Waals surface area contributed by atoms with Gasteiger partial charge >= 0.3 is 0 Å². The third-order valence-electron chi connectivity index (χ3n) is 6.09. The Morgan fingerprint density at radius 1 is 1.12 bits per heavy atom. The number of halogens is 1. The molecule has 170 valence electrons. The van der Waals surface area contributed by atoms with Crippen LogP contribution in [0.2, 0.25) is 5.02 Å². The highest BCUT2D eigenvalue weighted by atomic mass is 35.5. The second-order valence-electron chi connectivity index (χ2n) is 8.68. The lowest BCUT2D eigenvalue weighted by atomic mass is 10.2. The summed E-state index contributed by atoms with van der Waals surface area (Å²) in [6.45, 7) is 9.27. The number of benzene rings is 1. The fourth-order valence-corrected chi connectivity index (χ4v) is 4.32. The third-order valence-corrected chi connectivity index (χ3v) is 6.34. The molecule has 9 heteroatoms. The zero-order chi connectivity index (χ0) is 23.0. The Labute approximate surface area is 193 Å². The van der Waals surface area contributed by atoms with E-state index in [2.05, 4.69) is 9.80 Å². The normalized spacial score (nSPS) is 16.1.